The third-order valence-corrected chi connectivity index (χ3v) is 3.04. The van der Waals surface area contributed by atoms with Gasteiger partial charge in [0, 0.05) is 18.3 Å². The average Bonchev–Trinajstić information content (AvgIpc) is 2.96. The number of amides is 2. The normalized spacial score (nSPS) is 18.8. The predicted molar refractivity (Wildman–Crippen MR) is 59.0 cm³/mol. The Morgan fingerprint density at radius 2 is 2.13 bits per heavy atom. The molecule has 2 aliphatic rings. The molecular formula is C12H14N2O. The SMILES string of the molecule is O=C(NC1CC1)N1CCc2ccccc21. The molecule has 0 radical (unpaired) electrons. The van der Waals surface area contributed by atoms with Gasteiger partial charge < -0.3 is 5.32 Å². The first-order chi connectivity index (χ1) is 7.34. The molecule has 1 aromatic carbocycles. The van der Waals surface area contributed by atoms with Crippen LogP contribution in [0.5, 0.6) is 0 Å². The summed E-state index contributed by atoms with van der Waals surface area (Å²) in [4.78, 5) is 13.7. The summed E-state index contributed by atoms with van der Waals surface area (Å²) in [7, 11) is 0. The van der Waals surface area contributed by atoms with E-state index in [1.165, 1.54) is 5.56 Å². The van der Waals surface area contributed by atoms with Gasteiger partial charge in [0.25, 0.3) is 0 Å². The van der Waals surface area contributed by atoms with E-state index in [1.807, 2.05) is 23.1 Å². The third kappa shape index (κ3) is 1.58. The molecular weight excluding hydrogens is 188 g/mol. The van der Waals surface area contributed by atoms with Crippen LogP contribution in [0.4, 0.5) is 10.5 Å². The maximum absolute atomic E-state index is 11.9. The van der Waals surface area contributed by atoms with Gasteiger partial charge in [-0.2, -0.15) is 0 Å². The van der Waals surface area contributed by atoms with E-state index < -0.39 is 0 Å². The lowest BCUT2D eigenvalue weighted by Gasteiger charge is -2.17. The van der Waals surface area contributed by atoms with Gasteiger partial charge in [0.2, 0.25) is 0 Å². The highest BCUT2D eigenvalue weighted by Crippen LogP contribution is 2.28. The second-order valence-electron chi connectivity index (χ2n) is 4.25. The Balaban J connectivity index is 1.80. The van der Waals surface area contributed by atoms with Gasteiger partial charge in [-0.25, -0.2) is 4.79 Å². The summed E-state index contributed by atoms with van der Waals surface area (Å²) in [5.74, 6) is 0. The molecule has 3 heteroatoms. The van der Waals surface area contributed by atoms with Crippen molar-refractivity contribution in [3.05, 3.63) is 29.8 Å². The van der Waals surface area contributed by atoms with E-state index in [4.69, 9.17) is 0 Å². The summed E-state index contributed by atoms with van der Waals surface area (Å²) in [6, 6.07) is 8.64. The van der Waals surface area contributed by atoms with Gasteiger partial charge in [-0.05, 0) is 30.9 Å². The van der Waals surface area contributed by atoms with Crippen LogP contribution in [0, 0.1) is 0 Å². The molecule has 1 fully saturated rings. The minimum absolute atomic E-state index is 0.0717. The molecule has 0 spiro atoms. The van der Waals surface area contributed by atoms with Crippen LogP contribution >= 0.6 is 0 Å². The third-order valence-electron chi connectivity index (χ3n) is 3.04. The molecule has 1 aromatic rings. The van der Waals surface area contributed by atoms with E-state index in [0.717, 1.165) is 31.5 Å². The number of benzene rings is 1. The molecule has 0 saturated heterocycles. The molecule has 3 nitrogen and oxygen atoms in total. The number of anilines is 1. The molecule has 78 valence electrons. The fraction of sp³-hybridized carbons (Fsp3) is 0.417. The molecule has 2 amide bonds. The average molecular weight is 202 g/mol. The molecule has 3 rings (SSSR count). The van der Waals surface area contributed by atoms with E-state index in [0.29, 0.717) is 6.04 Å². The lowest BCUT2D eigenvalue weighted by molar-refractivity contribution is 0.246. The topological polar surface area (TPSA) is 32.3 Å². The molecule has 1 N–H and O–H groups in total. The number of para-hydroxylation sites is 1. The van der Waals surface area contributed by atoms with Crippen molar-refractivity contribution >= 4 is 11.7 Å². The van der Waals surface area contributed by atoms with Crippen LogP contribution in [0.1, 0.15) is 18.4 Å². The molecule has 0 unspecified atom stereocenters. The zero-order valence-corrected chi connectivity index (χ0v) is 8.57. The van der Waals surface area contributed by atoms with E-state index in [2.05, 4.69) is 11.4 Å². The highest BCUT2D eigenvalue weighted by molar-refractivity contribution is 5.94. The minimum Gasteiger partial charge on any atom is -0.335 e. The summed E-state index contributed by atoms with van der Waals surface area (Å²) in [5, 5.41) is 3.02. The van der Waals surface area contributed by atoms with Crippen molar-refractivity contribution in [3.8, 4) is 0 Å². The van der Waals surface area contributed by atoms with Crippen molar-refractivity contribution < 1.29 is 4.79 Å². The van der Waals surface area contributed by atoms with Gasteiger partial charge in [-0.1, -0.05) is 18.2 Å². The smallest absolute Gasteiger partial charge is 0.322 e. The molecule has 1 aliphatic heterocycles. The second-order valence-corrected chi connectivity index (χ2v) is 4.25. The van der Waals surface area contributed by atoms with Crippen molar-refractivity contribution in [2.24, 2.45) is 0 Å². The highest BCUT2D eigenvalue weighted by atomic mass is 16.2. The first-order valence-electron chi connectivity index (χ1n) is 5.50. The number of hydrogen-bond acceptors (Lipinski definition) is 1. The summed E-state index contributed by atoms with van der Waals surface area (Å²) in [6.07, 6.45) is 3.26. The van der Waals surface area contributed by atoms with Crippen LogP contribution in [0.2, 0.25) is 0 Å². The molecule has 0 bridgehead atoms. The van der Waals surface area contributed by atoms with Gasteiger partial charge in [-0.15, -0.1) is 0 Å². The number of urea groups is 1. The van der Waals surface area contributed by atoms with Crippen LogP contribution in [0.15, 0.2) is 24.3 Å². The monoisotopic (exact) mass is 202 g/mol. The van der Waals surface area contributed by atoms with Crippen LogP contribution < -0.4 is 10.2 Å². The Hall–Kier alpha value is -1.51. The van der Waals surface area contributed by atoms with Crippen LogP contribution in [-0.2, 0) is 6.42 Å². The first kappa shape index (κ1) is 8.77. The number of nitrogens with one attached hydrogen (secondary N) is 1. The molecule has 0 aromatic heterocycles. The van der Waals surface area contributed by atoms with E-state index in [-0.39, 0.29) is 6.03 Å². The quantitative estimate of drug-likeness (QED) is 0.741. The number of rotatable bonds is 1. The maximum Gasteiger partial charge on any atom is 0.322 e. The number of hydrogen-bond donors (Lipinski definition) is 1. The zero-order chi connectivity index (χ0) is 10.3. The largest absolute Gasteiger partial charge is 0.335 e. The van der Waals surface area contributed by atoms with Gasteiger partial charge in [0.15, 0.2) is 0 Å². The van der Waals surface area contributed by atoms with E-state index in [9.17, 15) is 4.79 Å². The Kier molecular flexibility index (Phi) is 1.91. The number of fused-ring (bicyclic) bond motifs is 1. The van der Waals surface area contributed by atoms with Gasteiger partial charge in [0.05, 0.1) is 0 Å². The number of carbonyl (C=O) groups excluding carboxylic acids is 1. The molecule has 1 aliphatic carbocycles. The summed E-state index contributed by atoms with van der Waals surface area (Å²) in [6.45, 7) is 0.817. The fourth-order valence-electron chi connectivity index (χ4n) is 2.03. The van der Waals surface area contributed by atoms with Crippen molar-refractivity contribution in [3.63, 3.8) is 0 Å². The van der Waals surface area contributed by atoms with Crippen LogP contribution in [0.3, 0.4) is 0 Å². The highest BCUT2D eigenvalue weighted by Gasteiger charge is 2.29. The van der Waals surface area contributed by atoms with Gasteiger partial charge >= 0.3 is 6.03 Å². The molecule has 0 atom stereocenters. The first-order valence-corrected chi connectivity index (χ1v) is 5.50. The standard InChI is InChI=1S/C12H14N2O/c15-12(13-10-5-6-10)14-8-7-9-3-1-2-4-11(9)14/h1-4,10H,5-8H2,(H,13,15). The van der Waals surface area contributed by atoms with Crippen molar-refractivity contribution in [2.45, 2.75) is 25.3 Å². The van der Waals surface area contributed by atoms with Gasteiger partial charge in [-0.3, -0.25) is 4.90 Å². The van der Waals surface area contributed by atoms with Crippen molar-refractivity contribution in [1.82, 2.24) is 5.32 Å². The summed E-state index contributed by atoms with van der Waals surface area (Å²) in [5.41, 5.74) is 2.36. The number of nitrogens with zero attached hydrogens (tertiary/aromatic N) is 1. The lowest BCUT2D eigenvalue weighted by Crippen LogP contribution is -2.39. The Bertz CT molecular complexity index is 398. The molecule has 1 saturated carbocycles. The fourth-order valence-corrected chi connectivity index (χ4v) is 2.03. The van der Waals surface area contributed by atoms with E-state index in [1.54, 1.807) is 0 Å². The Labute approximate surface area is 89.1 Å². The van der Waals surface area contributed by atoms with Crippen molar-refractivity contribution in [1.29, 1.82) is 0 Å². The van der Waals surface area contributed by atoms with Crippen molar-refractivity contribution in [2.75, 3.05) is 11.4 Å². The summed E-state index contributed by atoms with van der Waals surface area (Å²) < 4.78 is 0. The van der Waals surface area contributed by atoms with E-state index >= 15 is 0 Å². The zero-order valence-electron chi connectivity index (χ0n) is 8.57. The minimum atomic E-state index is 0.0717. The Morgan fingerprint density at radius 3 is 2.93 bits per heavy atom. The van der Waals surface area contributed by atoms with Crippen LogP contribution in [-0.4, -0.2) is 18.6 Å². The summed E-state index contributed by atoms with van der Waals surface area (Å²) >= 11 is 0. The predicted octanol–water partition coefficient (Wildman–Crippen LogP) is 1.92. The number of carbonyl (C=O) groups is 1. The lowest BCUT2D eigenvalue weighted by atomic mass is 10.2. The maximum atomic E-state index is 11.9. The Morgan fingerprint density at radius 1 is 1.33 bits per heavy atom. The molecule has 1 heterocycles. The molecule has 15 heavy (non-hydrogen) atoms. The second kappa shape index (κ2) is 3.26. The van der Waals surface area contributed by atoms with Crippen LogP contribution in [0.25, 0.3) is 0 Å². The van der Waals surface area contributed by atoms with Gasteiger partial charge in [0.1, 0.15) is 0 Å².